The quantitative estimate of drug-likeness (QED) is 0.520. The van der Waals surface area contributed by atoms with Gasteiger partial charge in [0.1, 0.15) is 17.3 Å². The van der Waals surface area contributed by atoms with Gasteiger partial charge in [0.05, 0.1) is 25.3 Å². The summed E-state index contributed by atoms with van der Waals surface area (Å²) in [6, 6.07) is 17.0. The molecule has 4 aromatic rings. The van der Waals surface area contributed by atoms with Crippen molar-refractivity contribution in [2.75, 3.05) is 19.5 Å². The second kappa shape index (κ2) is 7.63. The molecule has 0 spiro atoms. The minimum atomic E-state index is -0.585. The van der Waals surface area contributed by atoms with Gasteiger partial charge in [-0.2, -0.15) is 5.10 Å². The van der Waals surface area contributed by atoms with Crippen LogP contribution in [-0.4, -0.2) is 30.3 Å². The maximum absolute atomic E-state index is 13.8. The molecule has 0 aliphatic carbocycles. The number of carbonyl (C=O) groups excluding carboxylic acids is 1. The number of fused-ring (bicyclic) bond motifs is 1. The summed E-state index contributed by atoms with van der Waals surface area (Å²) in [5.74, 6) is 0.570. The van der Waals surface area contributed by atoms with Gasteiger partial charge < -0.3 is 14.8 Å². The number of amides is 1. The lowest BCUT2D eigenvalue weighted by Gasteiger charge is -2.10. The fourth-order valence-electron chi connectivity index (χ4n) is 3.14. The molecule has 4 rings (SSSR count). The second-order valence-corrected chi connectivity index (χ2v) is 6.33. The first kappa shape index (κ1) is 18.5. The van der Waals surface area contributed by atoms with Crippen molar-refractivity contribution in [2.24, 2.45) is 0 Å². The summed E-state index contributed by atoms with van der Waals surface area (Å²) < 4.78 is 24.6. The van der Waals surface area contributed by atoms with Gasteiger partial charge in [0, 0.05) is 17.0 Å². The molecule has 0 fully saturated rings. The zero-order chi connectivity index (χ0) is 20.4. The number of nitrogens with one attached hydrogen (secondary N) is 2. The van der Waals surface area contributed by atoms with Crippen LogP contribution >= 0.6 is 0 Å². The molecule has 29 heavy (non-hydrogen) atoms. The van der Waals surface area contributed by atoms with Crippen LogP contribution in [-0.2, 0) is 0 Å². The van der Waals surface area contributed by atoms with Gasteiger partial charge in [0.25, 0.3) is 5.91 Å². The van der Waals surface area contributed by atoms with Gasteiger partial charge in [0.2, 0.25) is 0 Å². The molecular weight excluding hydrogens is 373 g/mol. The number of nitrogens with zero attached hydrogens (tertiary/aromatic N) is 1. The van der Waals surface area contributed by atoms with Gasteiger partial charge in [-0.25, -0.2) is 4.39 Å². The number of aromatic nitrogens is 2. The summed E-state index contributed by atoms with van der Waals surface area (Å²) in [5.41, 5.74) is 2.49. The summed E-state index contributed by atoms with van der Waals surface area (Å²) in [7, 11) is 3.20. The predicted octanol–water partition coefficient (Wildman–Crippen LogP) is 4.64. The summed E-state index contributed by atoms with van der Waals surface area (Å²) in [5, 5.41) is 10.4. The van der Waals surface area contributed by atoms with Crippen molar-refractivity contribution in [1.82, 2.24) is 10.2 Å². The molecule has 6 nitrogen and oxygen atoms in total. The van der Waals surface area contributed by atoms with Crippen molar-refractivity contribution in [3.8, 4) is 22.6 Å². The average Bonchev–Trinajstić information content (AvgIpc) is 3.15. The number of benzene rings is 3. The minimum Gasteiger partial charge on any atom is -0.497 e. The number of rotatable bonds is 5. The lowest BCUT2D eigenvalue weighted by molar-refractivity contribution is 0.102. The van der Waals surface area contributed by atoms with Crippen molar-refractivity contribution < 1.29 is 18.7 Å². The number of anilines is 1. The Labute approximate surface area is 166 Å². The maximum Gasteiger partial charge on any atom is 0.259 e. The van der Waals surface area contributed by atoms with Gasteiger partial charge in [-0.3, -0.25) is 9.89 Å². The van der Waals surface area contributed by atoms with Gasteiger partial charge in [-0.1, -0.05) is 18.2 Å². The molecule has 3 aromatic carbocycles. The molecule has 0 aliphatic heterocycles. The molecular formula is C22H18FN3O3. The molecule has 2 N–H and O–H groups in total. The molecule has 0 radical (unpaired) electrons. The summed E-state index contributed by atoms with van der Waals surface area (Å²) in [6.45, 7) is 0. The van der Waals surface area contributed by atoms with Gasteiger partial charge >= 0.3 is 0 Å². The van der Waals surface area contributed by atoms with Gasteiger partial charge in [0.15, 0.2) is 5.82 Å². The molecule has 0 atom stereocenters. The van der Waals surface area contributed by atoms with Crippen LogP contribution in [0.3, 0.4) is 0 Å². The van der Waals surface area contributed by atoms with Crippen LogP contribution in [0.2, 0.25) is 0 Å². The van der Waals surface area contributed by atoms with Crippen LogP contribution in [0, 0.1) is 5.82 Å². The van der Waals surface area contributed by atoms with Crippen molar-refractivity contribution in [2.45, 2.75) is 0 Å². The minimum absolute atomic E-state index is 0.0387. The third-order valence-corrected chi connectivity index (χ3v) is 4.63. The Hall–Kier alpha value is -3.87. The largest absolute Gasteiger partial charge is 0.497 e. The molecule has 0 saturated heterocycles. The first-order valence-corrected chi connectivity index (χ1v) is 8.87. The normalized spacial score (nSPS) is 10.7. The Bertz CT molecular complexity index is 1200. The first-order chi connectivity index (χ1) is 14.1. The van der Waals surface area contributed by atoms with E-state index in [-0.39, 0.29) is 5.56 Å². The number of H-pyrrole nitrogens is 1. The maximum atomic E-state index is 13.8. The summed E-state index contributed by atoms with van der Waals surface area (Å²) >= 11 is 0. The van der Waals surface area contributed by atoms with Crippen molar-refractivity contribution in [1.29, 1.82) is 0 Å². The van der Waals surface area contributed by atoms with E-state index in [2.05, 4.69) is 15.5 Å². The number of aromatic amines is 1. The Kier molecular flexibility index (Phi) is 4.87. The zero-order valence-corrected chi connectivity index (χ0v) is 15.8. The number of methoxy groups -OCH3 is 2. The molecule has 0 saturated carbocycles. The van der Waals surface area contributed by atoms with E-state index in [0.717, 1.165) is 16.6 Å². The summed E-state index contributed by atoms with van der Waals surface area (Å²) in [6.07, 6.45) is 0. The van der Waals surface area contributed by atoms with Gasteiger partial charge in [-0.15, -0.1) is 0 Å². The van der Waals surface area contributed by atoms with E-state index >= 15 is 0 Å². The third-order valence-electron chi connectivity index (χ3n) is 4.63. The van der Waals surface area contributed by atoms with Gasteiger partial charge in [-0.05, 0) is 42.0 Å². The Morgan fingerprint density at radius 1 is 1.03 bits per heavy atom. The molecule has 7 heteroatoms. The number of hydrogen-bond acceptors (Lipinski definition) is 4. The highest BCUT2D eigenvalue weighted by Gasteiger charge is 2.15. The highest BCUT2D eigenvalue weighted by Crippen LogP contribution is 2.35. The molecule has 146 valence electrons. The lowest BCUT2D eigenvalue weighted by atomic mass is 10.0. The lowest BCUT2D eigenvalue weighted by Crippen LogP contribution is -2.14. The van der Waals surface area contributed by atoms with E-state index in [0.29, 0.717) is 22.7 Å². The summed E-state index contributed by atoms with van der Waals surface area (Å²) in [4.78, 5) is 12.4. The van der Waals surface area contributed by atoms with Crippen molar-refractivity contribution >= 4 is 22.6 Å². The van der Waals surface area contributed by atoms with Crippen LogP contribution < -0.4 is 14.8 Å². The molecule has 0 aliphatic rings. The molecule has 0 unspecified atom stereocenters. The Morgan fingerprint density at radius 3 is 2.62 bits per heavy atom. The van der Waals surface area contributed by atoms with Crippen LogP contribution in [0.15, 0.2) is 60.7 Å². The fraction of sp³-hybridized carbons (Fsp3) is 0.0909. The average molecular weight is 391 g/mol. The van der Waals surface area contributed by atoms with E-state index in [4.69, 9.17) is 9.47 Å². The SMILES string of the molecule is COc1ccc(-c2ccc3c(NC(=O)c4ccccc4F)n[nH]c3c2)c(OC)c1. The van der Waals surface area contributed by atoms with Crippen LogP contribution in [0.25, 0.3) is 22.0 Å². The highest BCUT2D eigenvalue weighted by atomic mass is 19.1. The van der Waals surface area contributed by atoms with E-state index < -0.39 is 11.7 Å². The number of halogens is 1. The van der Waals surface area contributed by atoms with Crippen LogP contribution in [0.1, 0.15) is 10.4 Å². The van der Waals surface area contributed by atoms with E-state index in [1.807, 2.05) is 36.4 Å². The zero-order valence-electron chi connectivity index (χ0n) is 15.8. The van der Waals surface area contributed by atoms with Crippen molar-refractivity contribution in [3.63, 3.8) is 0 Å². The first-order valence-electron chi connectivity index (χ1n) is 8.87. The van der Waals surface area contributed by atoms with Crippen LogP contribution in [0.4, 0.5) is 10.2 Å². The molecule has 1 aromatic heterocycles. The molecule has 0 bridgehead atoms. The smallest absolute Gasteiger partial charge is 0.259 e. The Morgan fingerprint density at radius 2 is 1.86 bits per heavy atom. The topological polar surface area (TPSA) is 76.2 Å². The third kappa shape index (κ3) is 3.50. The van der Waals surface area contributed by atoms with Crippen LogP contribution in [0.5, 0.6) is 11.5 Å². The standard InChI is InChI=1S/C22H18FN3O3/c1-28-14-8-10-15(20(12-14)29-2)13-7-9-17-19(11-13)25-26-21(17)24-22(27)16-5-3-4-6-18(16)23/h3-12H,1-2H3,(H2,24,25,26,27). The van der Waals surface area contributed by atoms with Crippen molar-refractivity contribution in [3.05, 3.63) is 72.0 Å². The fourth-order valence-corrected chi connectivity index (χ4v) is 3.14. The molecule has 1 amide bonds. The number of carbonyl (C=O) groups is 1. The Balaban J connectivity index is 1.66. The number of hydrogen-bond donors (Lipinski definition) is 2. The van der Waals surface area contributed by atoms with E-state index in [1.165, 1.54) is 18.2 Å². The predicted molar refractivity (Wildman–Crippen MR) is 109 cm³/mol. The highest BCUT2D eigenvalue weighted by molar-refractivity contribution is 6.08. The van der Waals surface area contributed by atoms with E-state index in [9.17, 15) is 9.18 Å². The second-order valence-electron chi connectivity index (χ2n) is 6.33. The number of ether oxygens (including phenoxy) is 2. The van der Waals surface area contributed by atoms with E-state index in [1.54, 1.807) is 20.3 Å². The molecule has 1 heterocycles. The monoisotopic (exact) mass is 391 g/mol.